The minimum absolute atomic E-state index is 0.0816. The SMILES string of the molecule is CCC1CCC(C)N1CCC(C)(CO)NC1CC1. The highest BCUT2D eigenvalue weighted by atomic mass is 16.3. The van der Waals surface area contributed by atoms with Gasteiger partial charge in [-0.15, -0.1) is 0 Å². The molecule has 0 bridgehead atoms. The molecule has 0 radical (unpaired) electrons. The molecule has 0 aromatic carbocycles. The molecule has 1 saturated carbocycles. The van der Waals surface area contributed by atoms with Crippen LogP contribution < -0.4 is 5.32 Å². The second-order valence-corrected chi connectivity index (χ2v) is 6.61. The largest absolute Gasteiger partial charge is 0.394 e. The van der Waals surface area contributed by atoms with Gasteiger partial charge < -0.3 is 10.4 Å². The van der Waals surface area contributed by atoms with Gasteiger partial charge in [-0.1, -0.05) is 6.92 Å². The minimum Gasteiger partial charge on any atom is -0.394 e. The van der Waals surface area contributed by atoms with Crippen LogP contribution in [0.5, 0.6) is 0 Å². The predicted octanol–water partition coefficient (Wildman–Crippen LogP) is 2.14. The van der Waals surface area contributed by atoms with Gasteiger partial charge in [-0.25, -0.2) is 0 Å². The molecule has 2 rings (SSSR count). The summed E-state index contributed by atoms with van der Waals surface area (Å²) in [6.45, 7) is 8.19. The Labute approximate surface area is 112 Å². The van der Waals surface area contributed by atoms with Gasteiger partial charge in [0.2, 0.25) is 0 Å². The maximum absolute atomic E-state index is 9.64. The molecule has 3 heteroatoms. The Morgan fingerprint density at radius 1 is 1.28 bits per heavy atom. The molecule has 1 saturated heterocycles. The number of nitrogens with one attached hydrogen (secondary N) is 1. The summed E-state index contributed by atoms with van der Waals surface area (Å²) >= 11 is 0. The van der Waals surface area contributed by atoms with Gasteiger partial charge in [0, 0.05) is 30.2 Å². The molecule has 0 aromatic rings. The highest BCUT2D eigenvalue weighted by Crippen LogP contribution is 2.28. The molecule has 106 valence electrons. The zero-order valence-electron chi connectivity index (χ0n) is 12.3. The van der Waals surface area contributed by atoms with E-state index in [0.717, 1.165) is 25.0 Å². The van der Waals surface area contributed by atoms with Gasteiger partial charge in [-0.05, 0) is 52.4 Å². The molecule has 0 spiro atoms. The zero-order chi connectivity index (χ0) is 13.2. The standard InChI is InChI=1S/C15H30N2O/c1-4-14-8-5-12(2)17(14)10-9-15(3,11-18)16-13-6-7-13/h12-14,16,18H,4-11H2,1-3H3. The molecule has 1 aliphatic heterocycles. The fraction of sp³-hybridized carbons (Fsp3) is 1.00. The van der Waals surface area contributed by atoms with Gasteiger partial charge >= 0.3 is 0 Å². The van der Waals surface area contributed by atoms with E-state index < -0.39 is 0 Å². The van der Waals surface area contributed by atoms with E-state index in [9.17, 15) is 5.11 Å². The number of aliphatic hydroxyl groups is 1. The van der Waals surface area contributed by atoms with E-state index in [0.29, 0.717) is 6.04 Å². The number of hydrogen-bond acceptors (Lipinski definition) is 3. The quantitative estimate of drug-likeness (QED) is 0.731. The lowest BCUT2D eigenvalue weighted by molar-refractivity contribution is 0.126. The van der Waals surface area contributed by atoms with Crippen LogP contribution in [0.3, 0.4) is 0 Å². The average Bonchev–Trinajstić information content (AvgIpc) is 3.09. The maximum Gasteiger partial charge on any atom is 0.0611 e. The van der Waals surface area contributed by atoms with Crippen LogP contribution in [0.4, 0.5) is 0 Å². The third-order valence-corrected chi connectivity index (χ3v) is 4.82. The van der Waals surface area contributed by atoms with Crippen molar-refractivity contribution in [2.75, 3.05) is 13.2 Å². The van der Waals surface area contributed by atoms with Crippen molar-refractivity contribution in [3.63, 3.8) is 0 Å². The Kier molecular flexibility index (Phi) is 4.68. The highest BCUT2D eigenvalue weighted by molar-refractivity contribution is 4.94. The molecule has 3 nitrogen and oxygen atoms in total. The van der Waals surface area contributed by atoms with E-state index >= 15 is 0 Å². The lowest BCUT2D eigenvalue weighted by atomic mass is 9.98. The molecule has 2 aliphatic rings. The fourth-order valence-electron chi connectivity index (χ4n) is 3.26. The topological polar surface area (TPSA) is 35.5 Å². The summed E-state index contributed by atoms with van der Waals surface area (Å²) in [5.41, 5.74) is -0.0816. The van der Waals surface area contributed by atoms with Gasteiger partial charge in [0.1, 0.15) is 0 Å². The second-order valence-electron chi connectivity index (χ2n) is 6.61. The number of rotatable bonds is 7. The van der Waals surface area contributed by atoms with Crippen LogP contribution in [0.25, 0.3) is 0 Å². The zero-order valence-corrected chi connectivity index (χ0v) is 12.3. The number of nitrogens with zero attached hydrogens (tertiary/aromatic N) is 1. The van der Waals surface area contributed by atoms with Gasteiger partial charge in [0.25, 0.3) is 0 Å². The van der Waals surface area contributed by atoms with E-state index in [2.05, 4.69) is 31.0 Å². The summed E-state index contributed by atoms with van der Waals surface area (Å²) in [4.78, 5) is 2.66. The van der Waals surface area contributed by atoms with Crippen LogP contribution in [0, 0.1) is 0 Å². The van der Waals surface area contributed by atoms with Crippen LogP contribution >= 0.6 is 0 Å². The van der Waals surface area contributed by atoms with Crippen LogP contribution in [0.2, 0.25) is 0 Å². The maximum atomic E-state index is 9.64. The van der Waals surface area contributed by atoms with E-state index in [-0.39, 0.29) is 12.1 Å². The van der Waals surface area contributed by atoms with Crippen molar-refractivity contribution >= 4 is 0 Å². The number of aliphatic hydroxyl groups excluding tert-OH is 1. The van der Waals surface area contributed by atoms with E-state index in [1.165, 1.54) is 32.1 Å². The lowest BCUT2D eigenvalue weighted by Crippen LogP contribution is -2.50. The smallest absolute Gasteiger partial charge is 0.0611 e. The highest BCUT2D eigenvalue weighted by Gasteiger charge is 2.34. The third-order valence-electron chi connectivity index (χ3n) is 4.82. The van der Waals surface area contributed by atoms with Gasteiger partial charge in [-0.3, -0.25) is 4.90 Å². The summed E-state index contributed by atoms with van der Waals surface area (Å²) < 4.78 is 0. The normalized spacial score (nSPS) is 32.7. The number of likely N-dealkylation sites (tertiary alicyclic amines) is 1. The van der Waals surface area contributed by atoms with Crippen molar-refractivity contribution in [2.45, 2.75) is 83.0 Å². The molecule has 3 unspecified atom stereocenters. The molecule has 1 aliphatic carbocycles. The molecule has 3 atom stereocenters. The molecule has 1 heterocycles. The molecular weight excluding hydrogens is 224 g/mol. The first-order chi connectivity index (χ1) is 8.58. The Morgan fingerprint density at radius 3 is 2.56 bits per heavy atom. The summed E-state index contributed by atoms with van der Waals surface area (Å²) in [6.07, 6.45) is 7.58. The summed E-state index contributed by atoms with van der Waals surface area (Å²) in [7, 11) is 0. The first-order valence-corrected chi connectivity index (χ1v) is 7.72. The Morgan fingerprint density at radius 2 is 2.00 bits per heavy atom. The predicted molar refractivity (Wildman–Crippen MR) is 75.7 cm³/mol. The molecule has 2 fully saturated rings. The molecule has 18 heavy (non-hydrogen) atoms. The van der Waals surface area contributed by atoms with E-state index in [1.54, 1.807) is 0 Å². The van der Waals surface area contributed by atoms with E-state index in [1.807, 2.05) is 0 Å². The first kappa shape index (κ1) is 14.3. The van der Waals surface area contributed by atoms with Crippen molar-refractivity contribution in [3.05, 3.63) is 0 Å². The van der Waals surface area contributed by atoms with Crippen LogP contribution in [-0.2, 0) is 0 Å². The van der Waals surface area contributed by atoms with Crippen molar-refractivity contribution in [2.24, 2.45) is 0 Å². The molecule has 2 N–H and O–H groups in total. The lowest BCUT2D eigenvalue weighted by Gasteiger charge is -2.34. The summed E-state index contributed by atoms with van der Waals surface area (Å²) in [5, 5.41) is 13.3. The second kappa shape index (κ2) is 5.89. The van der Waals surface area contributed by atoms with Crippen molar-refractivity contribution in [1.29, 1.82) is 0 Å². The van der Waals surface area contributed by atoms with Crippen LogP contribution in [0.15, 0.2) is 0 Å². The van der Waals surface area contributed by atoms with Gasteiger partial charge in [-0.2, -0.15) is 0 Å². The number of hydrogen-bond donors (Lipinski definition) is 2. The molecular formula is C15H30N2O. The van der Waals surface area contributed by atoms with E-state index in [4.69, 9.17) is 0 Å². The van der Waals surface area contributed by atoms with Crippen LogP contribution in [0.1, 0.15) is 59.3 Å². The summed E-state index contributed by atoms with van der Waals surface area (Å²) in [6, 6.07) is 2.16. The first-order valence-electron chi connectivity index (χ1n) is 7.72. The fourth-order valence-corrected chi connectivity index (χ4v) is 3.26. The summed E-state index contributed by atoms with van der Waals surface area (Å²) in [5.74, 6) is 0. The Balaban J connectivity index is 1.84. The van der Waals surface area contributed by atoms with Crippen molar-refractivity contribution in [1.82, 2.24) is 10.2 Å². The van der Waals surface area contributed by atoms with Gasteiger partial charge in [0.15, 0.2) is 0 Å². The molecule has 0 amide bonds. The third kappa shape index (κ3) is 3.46. The van der Waals surface area contributed by atoms with Gasteiger partial charge in [0.05, 0.1) is 6.61 Å². The van der Waals surface area contributed by atoms with Crippen molar-refractivity contribution in [3.8, 4) is 0 Å². The average molecular weight is 254 g/mol. The monoisotopic (exact) mass is 254 g/mol. The Bertz CT molecular complexity index is 267. The Hall–Kier alpha value is -0.120. The minimum atomic E-state index is -0.0816. The van der Waals surface area contributed by atoms with Crippen LogP contribution in [-0.4, -0.2) is 46.8 Å². The van der Waals surface area contributed by atoms with Crippen molar-refractivity contribution < 1.29 is 5.11 Å². The molecule has 0 aromatic heterocycles.